The van der Waals surface area contributed by atoms with E-state index in [1.54, 1.807) is 0 Å². The molecule has 1 nitrogen and oxygen atoms in total. The van der Waals surface area contributed by atoms with Crippen molar-refractivity contribution in [2.75, 3.05) is 0 Å². The fourth-order valence-electron chi connectivity index (χ4n) is 1.60. The number of hydrogen-bond donors (Lipinski definition) is 0. The van der Waals surface area contributed by atoms with Crippen molar-refractivity contribution in [3.63, 3.8) is 0 Å². The van der Waals surface area contributed by atoms with Gasteiger partial charge in [0.1, 0.15) is 0 Å². The van der Waals surface area contributed by atoms with E-state index >= 15 is 0 Å². The van der Waals surface area contributed by atoms with E-state index in [1.165, 1.54) is 5.56 Å². The third-order valence-electron chi connectivity index (χ3n) is 2.66. The summed E-state index contributed by atoms with van der Waals surface area (Å²) in [6.45, 7) is 4.47. The SMILES string of the molecule is CC1C=Nc2ccccc2C1C. The summed E-state index contributed by atoms with van der Waals surface area (Å²) in [4.78, 5) is 4.40. The maximum absolute atomic E-state index is 4.40. The van der Waals surface area contributed by atoms with Crippen LogP contribution in [0, 0.1) is 5.92 Å². The Labute approximate surface area is 73.1 Å². The van der Waals surface area contributed by atoms with Gasteiger partial charge in [0, 0.05) is 6.21 Å². The number of hydrogen-bond acceptors (Lipinski definition) is 1. The zero-order chi connectivity index (χ0) is 8.55. The molecule has 1 aliphatic heterocycles. The van der Waals surface area contributed by atoms with Crippen LogP contribution in [0.15, 0.2) is 29.3 Å². The van der Waals surface area contributed by atoms with Crippen molar-refractivity contribution < 1.29 is 0 Å². The summed E-state index contributed by atoms with van der Waals surface area (Å²) in [6.07, 6.45) is 2.05. The average molecular weight is 159 g/mol. The van der Waals surface area contributed by atoms with Crippen LogP contribution in [0.25, 0.3) is 0 Å². The zero-order valence-electron chi connectivity index (χ0n) is 7.49. The molecule has 0 saturated heterocycles. The highest BCUT2D eigenvalue weighted by atomic mass is 14.7. The van der Waals surface area contributed by atoms with Gasteiger partial charge in [-0.1, -0.05) is 32.0 Å². The second-order valence-electron chi connectivity index (χ2n) is 3.48. The van der Waals surface area contributed by atoms with E-state index in [2.05, 4.69) is 37.0 Å². The molecule has 1 aromatic carbocycles. The van der Waals surface area contributed by atoms with Crippen molar-refractivity contribution in [3.05, 3.63) is 29.8 Å². The number of aliphatic imine (C=N–C) groups is 1. The molecule has 12 heavy (non-hydrogen) atoms. The van der Waals surface area contributed by atoms with Gasteiger partial charge in [0.05, 0.1) is 5.69 Å². The summed E-state index contributed by atoms with van der Waals surface area (Å²) >= 11 is 0. The van der Waals surface area contributed by atoms with Crippen LogP contribution in [0.2, 0.25) is 0 Å². The lowest BCUT2D eigenvalue weighted by Crippen LogP contribution is -2.11. The van der Waals surface area contributed by atoms with E-state index in [0.717, 1.165) is 5.69 Å². The predicted octanol–water partition coefficient (Wildman–Crippen LogP) is 3.14. The van der Waals surface area contributed by atoms with Gasteiger partial charge in [-0.25, -0.2) is 0 Å². The summed E-state index contributed by atoms with van der Waals surface area (Å²) in [7, 11) is 0. The van der Waals surface area contributed by atoms with E-state index in [4.69, 9.17) is 0 Å². The summed E-state index contributed by atoms with van der Waals surface area (Å²) in [6, 6.07) is 8.38. The summed E-state index contributed by atoms with van der Waals surface area (Å²) in [5, 5.41) is 0. The Morgan fingerprint density at radius 3 is 2.75 bits per heavy atom. The lowest BCUT2D eigenvalue weighted by atomic mass is 9.87. The molecule has 0 saturated carbocycles. The zero-order valence-corrected chi connectivity index (χ0v) is 7.49. The van der Waals surface area contributed by atoms with Gasteiger partial charge in [0.2, 0.25) is 0 Å². The number of rotatable bonds is 0. The predicted molar refractivity (Wildman–Crippen MR) is 52.2 cm³/mol. The van der Waals surface area contributed by atoms with Crippen molar-refractivity contribution in [3.8, 4) is 0 Å². The van der Waals surface area contributed by atoms with E-state index in [1.807, 2.05) is 12.3 Å². The highest BCUT2D eigenvalue weighted by Gasteiger charge is 2.18. The molecule has 2 atom stereocenters. The molecule has 0 bridgehead atoms. The Morgan fingerprint density at radius 1 is 1.17 bits per heavy atom. The summed E-state index contributed by atoms with van der Waals surface area (Å²) < 4.78 is 0. The van der Waals surface area contributed by atoms with Crippen molar-refractivity contribution in [2.45, 2.75) is 19.8 Å². The molecule has 0 aromatic heterocycles. The average Bonchev–Trinajstić information content (AvgIpc) is 2.12. The number of nitrogens with zero attached hydrogens (tertiary/aromatic N) is 1. The van der Waals surface area contributed by atoms with E-state index in [9.17, 15) is 0 Å². The van der Waals surface area contributed by atoms with E-state index < -0.39 is 0 Å². The smallest absolute Gasteiger partial charge is 0.0660 e. The molecule has 0 spiro atoms. The van der Waals surface area contributed by atoms with Crippen molar-refractivity contribution in [1.29, 1.82) is 0 Å². The summed E-state index contributed by atoms with van der Waals surface area (Å²) in [5.74, 6) is 1.18. The normalized spacial score (nSPS) is 26.8. The first-order valence-corrected chi connectivity index (χ1v) is 4.42. The van der Waals surface area contributed by atoms with E-state index in [-0.39, 0.29) is 0 Å². The van der Waals surface area contributed by atoms with Crippen LogP contribution in [0.3, 0.4) is 0 Å². The van der Waals surface area contributed by atoms with Gasteiger partial charge in [0.15, 0.2) is 0 Å². The van der Waals surface area contributed by atoms with Gasteiger partial charge < -0.3 is 0 Å². The Bertz CT molecular complexity index is 315. The van der Waals surface area contributed by atoms with Crippen molar-refractivity contribution in [1.82, 2.24) is 0 Å². The van der Waals surface area contributed by atoms with E-state index in [0.29, 0.717) is 11.8 Å². The lowest BCUT2D eigenvalue weighted by Gasteiger charge is -2.22. The molecule has 0 aliphatic carbocycles. The molecule has 0 radical (unpaired) electrons. The number of benzene rings is 1. The van der Waals surface area contributed by atoms with Crippen LogP contribution >= 0.6 is 0 Å². The Hall–Kier alpha value is -1.11. The largest absolute Gasteiger partial charge is 0.261 e. The minimum absolute atomic E-state index is 0.569. The molecule has 1 heterocycles. The summed E-state index contributed by atoms with van der Waals surface area (Å²) in [5.41, 5.74) is 2.52. The Balaban J connectivity index is 2.52. The highest BCUT2D eigenvalue weighted by Crippen LogP contribution is 2.34. The first kappa shape index (κ1) is 7.53. The molecule has 1 aromatic rings. The van der Waals surface area contributed by atoms with Crippen LogP contribution in [0.1, 0.15) is 25.3 Å². The van der Waals surface area contributed by atoms with Gasteiger partial charge in [-0.2, -0.15) is 0 Å². The van der Waals surface area contributed by atoms with Gasteiger partial charge in [-0.05, 0) is 23.5 Å². The Kier molecular flexibility index (Phi) is 1.72. The minimum atomic E-state index is 0.569. The minimum Gasteiger partial charge on any atom is -0.261 e. The lowest BCUT2D eigenvalue weighted by molar-refractivity contribution is 0.626. The second-order valence-corrected chi connectivity index (χ2v) is 3.48. The van der Waals surface area contributed by atoms with Crippen LogP contribution in [0.4, 0.5) is 5.69 Å². The fourth-order valence-corrected chi connectivity index (χ4v) is 1.60. The van der Waals surface area contributed by atoms with Crippen LogP contribution in [-0.4, -0.2) is 6.21 Å². The van der Waals surface area contributed by atoms with Gasteiger partial charge in [-0.15, -0.1) is 0 Å². The molecule has 2 rings (SSSR count). The number of fused-ring (bicyclic) bond motifs is 1. The van der Waals surface area contributed by atoms with Crippen molar-refractivity contribution >= 4 is 11.9 Å². The van der Waals surface area contributed by atoms with Crippen molar-refractivity contribution in [2.24, 2.45) is 10.9 Å². The second kappa shape index (κ2) is 2.74. The number of para-hydroxylation sites is 1. The van der Waals surface area contributed by atoms with Gasteiger partial charge >= 0.3 is 0 Å². The standard InChI is InChI=1S/C11H13N/c1-8-7-12-11-6-4-3-5-10(11)9(8)2/h3-9H,1-2H3. The molecule has 1 heteroatoms. The monoisotopic (exact) mass is 159 g/mol. The molecular formula is C11H13N. The highest BCUT2D eigenvalue weighted by molar-refractivity contribution is 5.72. The quantitative estimate of drug-likeness (QED) is 0.551. The third-order valence-corrected chi connectivity index (χ3v) is 2.66. The van der Waals surface area contributed by atoms with Crippen LogP contribution in [0.5, 0.6) is 0 Å². The molecule has 2 unspecified atom stereocenters. The molecular weight excluding hydrogens is 146 g/mol. The van der Waals surface area contributed by atoms with Gasteiger partial charge in [-0.3, -0.25) is 4.99 Å². The maximum atomic E-state index is 4.40. The topological polar surface area (TPSA) is 12.4 Å². The molecule has 0 N–H and O–H groups in total. The molecule has 62 valence electrons. The molecule has 0 fully saturated rings. The first-order chi connectivity index (χ1) is 5.79. The molecule has 0 amide bonds. The first-order valence-electron chi connectivity index (χ1n) is 4.42. The van der Waals surface area contributed by atoms with Gasteiger partial charge in [0.25, 0.3) is 0 Å². The maximum Gasteiger partial charge on any atom is 0.0660 e. The molecule has 1 aliphatic rings. The van der Waals surface area contributed by atoms with Crippen LogP contribution in [-0.2, 0) is 0 Å². The third kappa shape index (κ3) is 1.06. The van der Waals surface area contributed by atoms with Crippen LogP contribution < -0.4 is 0 Å². The Morgan fingerprint density at radius 2 is 1.92 bits per heavy atom. The fraction of sp³-hybridized carbons (Fsp3) is 0.364.